The van der Waals surface area contributed by atoms with E-state index in [0.29, 0.717) is 6.54 Å². The topological polar surface area (TPSA) is 67.6 Å². The highest BCUT2D eigenvalue weighted by atomic mass is 16.5. The number of morpholine rings is 1. The van der Waals surface area contributed by atoms with Crippen LogP contribution in [0.1, 0.15) is 31.4 Å². The number of carbonyl (C=O) groups is 1. The van der Waals surface area contributed by atoms with Gasteiger partial charge in [0.15, 0.2) is 0 Å². The summed E-state index contributed by atoms with van der Waals surface area (Å²) < 4.78 is 5.26. The fraction of sp³-hybridized carbons (Fsp3) is 0.650. The van der Waals surface area contributed by atoms with Crippen molar-refractivity contribution in [2.75, 3.05) is 39.4 Å². The Morgan fingerprint density at radius 1 is 1.24 bits per heavy atom. The molecule has 1 fully saturated rings. The molecule has 0 saturated carbocycles. The van der Waals surface area contributed by atoms with Gasteiger partial charge in [0, 0.05) is 26.2 Å². The summed E-state index contributed by atoms with van der Waals surface area (Å²) in [6.07, 6.45) is 0.929. The fourth-order valence-corrected chi connectivity index (χ4v) is 2.45. The molecule has 0 aliphatic carbocycles. The molecule has 3 N–H and O–H groups in total. The van der Waals surface area contributed by atoms with Gasteiger partial charge in [-0.1, -0.05) is 44.5 Å². The van der Waals surface area contributed by atoms with E-state index in [-0.39, 0.29) is 17.9 Å². The van der Waals surface area contributed by atoms with Crippen molar-refractivity contribution in [1.82, 2.24) is 10.2 Å². The van der Waals surface area contributed by atoms with Gasteiger partial charge in [-0.3, -0.25) is 9.69 Å². The predicted molar refractivity (Wildman–Crippen MR) is 104 cm³/mol. The molecule has 1 saturated heterocycles. The van der Waals surface area contributed by atoms with Crippen molar-refractivity contribution in [2.45, 2.75) is 40.2 Å². The molecule has 1 aliphatic heterocycles. The van der Waals surface area contributed by atoms with Gasteiger partial charge in [-0.2, -0.15) is 0 Å². The summed E-state index contributed by atoms with van der Waals surface area (Å²) in [7, 11) is 0. The summed E-state index contributed by atoms with van der Waals surface area (Å²) in [6, 6.07) is 7.97. The average Bonchev–Trinajstić information content (AvgIpc) is 2.64. The lowest BCUT2D eigenvalue weighted by Crippen LogP contribution is -2.47. The van der Waals surface area contributed by atoms with E-state index in [0.717, 1.165) is 39.3 Å². The van der Waals surface area contributed by atoms with Crippen LogP contribution in [-0.4, -0.2) is 56.2 Å². The zero-order valence-electron chi connectivity index (χ0n) is 16.3. The lowest BCUT2D eigenvalue weighted by atomic mass is 9.99. The molecule has 5 nitrogen and oxygen atoms in total. The molecule has 2 atom stereocenters. The third-order valence-electron chi connectivity index (χ3n) is 4.82. The number of hydrogen-bond donors (Lipinski definition) is 2. The molecule has 0 radical (unpaired) electrons. The van der Waals surface area contributed by atoms with Gasteiger partial charge in [0.05, 0.1) is 19.3 Å². The Labute approximate surface area is 152 Å². The van der Waals surface area contributed by atoms with Crippen molar-refractivity contribution < 1.29 is 9.53 Å². The van der Waals surface area contributed by atoms with Crippen LogP contribution in [-0.2, 0) is 9.53 Å². The number of nitrogens with zero attached hydrogens (tertiary/aromatic N) is 1. The first kappa shape index (κ1) is 21.6. The monoisotopic (exact) mass is 349 g/mol. The smallest absolute Gasteiger partial charge is 0.237 e. The first-order valence-electron chi connectivity index (χ1n) is 9.31. The molecule has 0 spiro atoms. The minimum absolute atomic E-state index is 0.0346. The molecule has 1 aliphatic rings. The van der Waals surface area contributed by atoms with Gasteiger partial charge in [-0.15, -0.1) is 0 Å². The van der Waals surface area contributed by atoms with Gasteiger partial charge in [-0.05, 0) is 30.9 Å². The maximum absolute atomic E-state index is 11.7. The third kappa shape index (κ3) is 8.47. The van der Waals surface area contributed by atoms with Gasteiger partial charge in [0.2, 0.25) is 5.91 Å². The van der Waals surface area contributed by atoms with Crippen molar-refractivity contribution in [2.24, 2.45) is 11.7 Å². The maximum atomic E-state index is 11.7. The number of carbonyl (C=O) groups excluding carboxylic acids is 1. The van der Waals surface area contributed by atoms with Crippen LogP contribution in [0.5, 0.6) is 0 Å². The minimum Gasteiger partial charge on any atom is -0.379 e. The predicted octanol–water partition coefficient (Wildman–Crippen LogP) is 2.11. The number of nitrogens with two attached hydrogens (primary N) is 1. The van der Waals surface area contributed by atoms with E-state index in [1.54, 1.807) is 0 Å². The molecule has 1 heterocycles. The summed E-state index contributed by atoms with van der Waals surface area (Å²) in [5.74, 6) is 0.200. The highest BCUT2D eigenvalue weighted by molar-refractivity contribution is 5.81. The van der Waals surface area contributed by atoms with E-state index in [2.05, 4.69) is 48.3 Å². The summed E-state index contributed by atoms with van der Waals surface area (Å²) >= 11 is 0. The molecule has 0 aromatic heterocycles. The van der Waals surface area contributed by atoms with Crippen LogP contribution in [0.2, 0.25) is 0 Å². The third-order valence-corrected chi connectivity index (χ3v) is 4.82. The molecule has 2 rings (SSSR count). The Kier molecular flexibility index (Phi) is 10.4. The molecule has 2 unspecified atom stereocenters. The van der Waals surface area contributed by atoms with Crippen LogP contribution in [0.3, 0.4) is 0 Å². The molecule has 1 aromatic rings. The lowest BCUT2D eigenvalue weighted by Gasteiger charge is -2.27. The van der Waals surface area contributed by atoms with E-state index in [9.17, 15) is 4.79 Å². The first-order valence-corrected chi connectivity index (χ1v) is 9.31. The fourth-order valence-electron chi connectivity index (χ4n) is 2.45. The molecule has 1 aromatic carbocycles. The van der Waals surface area contributed by atoms with E-state index in [4.69, 9.17) is 10.5 Å². The number of nitrogens with one attached hydrogen (secondary N) is 1. The van der Waals surface area contributed by atoms with Gasteiger partial charge in [0.25, 0.3) is 0 Å². The van der Waals surface area contributed by atoms with Crippen molar-refractivity contribution >= 4 is 5.91 Å². The van der Waals surface area contributed by atoms with E-state index in [1.807, 2.05) is 13.8 Å². The van der Waals surface area contributed by atoms with Gasteiger partial charge >= 0.3 is 0 Å². The quantitative estimate of drug-likeness (QED) is 0.825. The summed E-state index contributed by atoms with van der Waals surface area (Å²) in [6.45, 7) is 13.3. The zero-order chi connectivity index (χ0) is 18.7. The molecule has 1 amide bonds. The van der Waals surface area contributed by atoms with Gasteiger partial charge < -0.3 is 15.8 Å². The van der Waals surface area contributed by atoms with Crippen LogP contribution < -0.4 is 11.1 Å². The lowest BCUT2D eigenvalue weighted by molar-refractivity contribution is -0.123. The number of benzene rings is 1. The molecule has 142 valence electrons. The summed E-state index contributed by atoms with van der Waals surface area (Å²) in [5, 5.41) is 2.90. The Bertz CT molecular complexity index is 480. The van der Waals surface area contributed by atoms with E-state index >= 15 is 0 Å². The van der Waals surface area contributed by atoms with Crippen molar-refractivity contribution in [1.29, 1.82) is 0 Å². The Morgan fingerprint density at radius 2 is 1.80 bits per heavy atom. The normalized spacial score (nSPS) is 17.2. The average molecular weight is 350 g/mol. The molecular weight excluding hydrogens is 314 g/mol. The summed E-state index contributed by atoms with van der Waals surface area (Å²) in [5.41, 5.74) is 8.58. The Morgan fingerprint density at radius 3 is 2.28 bits per heavy atom. The number of amides is 1. The van der Waals surface area contributed by atoms with Gasteiger partial charge in [0.1, 0.15) is 0 Å². The van der Waals surface area contributed by atoms with Crippen LogP contribution in [0, 0.1) is 19.8 Å². The van der Waals surface area contributed by atoms with Crippen LogP contribution in [0.25, 0.3) is 0 Å². The van der Waals surface area contributed by atoms with E-state index < -0.39 is 0 Å². The highest BCUT2D eigenvalue weighted by Gasteiger charge is 2.19. The minimum atomic E-state index is -0.385. The Balaban J connectivity index is 0.000000324. The summed E-state index contributed by atoms with van der Waals surface area (Å²) in [4.78, 5) is 14.0. The number of hydrogen-bond acceptors (Lipinski definition) is 4. The molecular formula is C20H35N3O2. The second-order valence-electron chi connectivity index (χ2n) is 6.74. The molecule has 5 heteroatoms. The second kappa shape index (κ2) is 12.0. The Hall–Kier alpha value is -1.43. The van der Waals surface area contributed by atoms with Crippen LogP contribution in [0.4, 0.5) is 0 Å². The van der Waals surface area contributed by atoms with Gasteiger partial charge in [-0.25, -0.2) is 0 Å². The van der Waals surface area contributed by atoms with Crippen LogP contribution in [0.15, 0.2) is 24.3 Å². The highest BCUT2D eigenvalue weighted by Crippen LogP contribution is 2.05. The second-order valence-corrected chi connectivity index (χ2v) is 6.74. The number of aryl methyl sites for hydroxylation is 2. The SMILES string of the molecule is CCC(C)C(N)C(=O)NCCN1CCOCC1.Cc1ccccc1C. The molecule has 25 heavy (non-hydrogen) atoms. The largest absolute Gasteiger partial charge is 0.379 e. The first-order chi connectivity index (χ1) is 12.0. The number of rotatable bonds is 6. The van der Waals surface area contributed by atoms with E-state index in [1.165, 1.54) is 11.1 Å². The van der Waals surface area contributed by atoms with Crippen LogP contribution >= 0.6 is 0 Å². The zero-order valence-corrected chi connectivity index (χ0v) is 16.3. The standard InChI is InChI=1S/C12H25N3O2.C8H10/c1-3-10(2)11(13)12(16)14-4-5-15-6-8-17-9-7-15;1-7-5-3-4-6-8(7)2/h10-11H,3-9,13H2,1-2H3,(H,14,16);3-6H,1-2H3. The van der Waals surface area contributed by atoms with Crippen molar-refractivity contribution in [3.63, 3.8) is 0 Å². The van der Waals surface area contributed by atoms with Crippen molar-refractivity contribution in [3.8, 4) is 0 Å². The number of ether oxygens (including phenoxy) is 1. The van der Waals surface area contributed by atoms with Crippen molar-refractivity contribution in [3.05, 3.63) is 35.4 Å². The maximum Gasteiger partial charge on any atom is 0.237 e. The molecule has 0 bridgehead atoms.